The Bertz CT molecular complexity index is 531. The fourth-order valence-corrected chi connectivity index (χ4v) is 2.05. The Labute approximate surface area is 127 Å². The Morgan fingerprint density at radius 2 is 1.95 bits per heavy atom. The summed E-state index contributed by atoms with van der Waals surface area (Å²) in [5.41, 5.74) is 2.32. The summed E-state index contributed by atoms with van der Waals surface area (Å²) < 4.78 is 7.64. The maximum atomic E-state index is 5.74. The van der Waals surface area contributed by atoms with E-state index in [1.165, 1.54) is 5.56 Å². The number of benzene rings is 1. The SMILES string of the molecule is Cc1ccn(CCOc2ccc(CNCC(C)C)cc2)n1. The largest absolute Gasteiger partial charge is 0.492 e. The predicted molar refractivity (Wildman–Crippen MR) is 85.4 cm³/mol. The van der Waals surface area contributed by atoms with Gasteiger partial charge >= 0.3 is 0 Å². The second-order valence-electron chi connectivity index (χ2n) is 5.74. The summed E-state index contributed by atoms with van der Waals surface area (Å²) >= 11 is 0. The molecule has 2 rings (SSSR count). The van der Waals surface area contributed by atoms with Gasteiger partial charge in [-0.25, -0.2) is 0 Å². The van der Waals surface area contributed by atoms with Crippen LogP contribution in [0.3, 0.4) is 0 Å². The van der Waals surface area contributed by atoms with Gasteiger partial charge in [0.05, 0.1) is 12.2 Å². The number of hydrogen-bond donors (Lipinski definition) is 1. The summed E-state index contributed by atoms with van der Waals surface area (Å²) in [7, 11) is 0. The molecule has 114 valence electrons. The van der Waals surface area contributed by atoms with Crippen LogP contribution in [-0.4, -0.2) is 22.9 Å². The molecular formula is C17H25N3O. The molecule has 0 aliphatic heterocycles. The van der Waals surface area contributed by atoms with E-state index in [0.29, 0.717) is 12.5 Å². The van der Waals surface area contributed by atoms with Crippen molar-refractivity contribution in [1.82, 2.24) is 15.1 Å². The molecule has 21 heavy (non-hydrogen) atoms. The molecule has 0 unspecified atom stereocenters. The van der Waals surface area contributed by atoms with Crippen molar-refractivity contribution < 1.29 is 4.74 Å². The molecule has 0 bridgehead atoms. The van der Waals surface area contributed by atoms with E-state index in [4.69, 9.17) is 4.74 Å². The quantitative estimate of drug-likeness (QED) is 0.811. The lowest BCUT2D eigenvalue weighted by Gasteiger charge is -2.09. The fourth-order valence-electron chi connectivity index (χ4n) is 2.05. The standard InChI is InChI=1S/C17H25N3O/c1-14(2)12-18-13-16-4-6-17(7-5-16)21-11-10-20-9-8-15(3)19-20/h4-9,14,18H,10-13H2,1-3H3. The monoisotopic (exact) mass is 287 g/mol. The third-order valence-electron chi connectivity index (χ3n) is 3.17. The van der Waals surface area contributed by atoms with Crippen molar-refractivity contribution in [2.24, 2.45) is 5.92 Å². The van der Waals surface area contributed by atoms with Crippen molar-refractivity contribution in [1.29, 1.82) is 0 Å². The van der Waals surface area contributed by atoms with Gasteiger partial charge in [-0.1, -0.05) is 26.0 Å². The Hall–Kier alpha value is -1.81. The lowest BCUT2D eigenvalue weighted by Crippen LogP contribution is -2.18. The molecule has 0 aliphatic rings. The summed E-state index contributed by atoms with van der Waals surface area (Å²) in [6, 6.07) is 10.3. The van der Waals surface area contributed by atoms with Crippen molar-refractivity contribution >= 4 is 0 Å². The van der Waals surface area contributed by atoms with Crippen LogP contribution in [-0.2, 0) is 13.1 Å². The van der Waals surface area contributed by atoms with Crippen molar-refractivity contribution in [2.75, 3.05) is 13.2 Å². The fraction of sp³-hybridized carbons (Fsp3) is 0.471. The van der Waals surface area contributed by atoms with Crippen molar-refractivity contribution in [3.8, 4) is 5.75 Å². The molecule has 0 atom stereocenters. The normalized spacial score (nSPS) is 11.0. The first kappa shape index (κ1) is 15.6. The smallest absolute Gasteiger partial charge is 0.119 e. The average Bonchev–Trinajstić information content (AvgIpc) is 2.86. The summed E-state index contributed by atoms with van der Waals surface area (Å²) in [4.78, 5) is 0. The zero-order chi connectivity index (χ0) is 15.1. The minimum atomic E-state index is 0.631. The molecule has 0 aliphatic carbocycles. The highest BCUT2D eigenvalue weighted by molar-refractivity contribution is 5.27. The van der Waals surface area contributed by atoms with Crippen molar-refractivity contribution in [2.45, 2.75) is 33.9 Å². The number of ether oxygens (including phenoxy) is 1. The lowest BCUT2D eigenvalue weighted by molar-refractivity contribution is 0.291. The maximum Gasteiger partial charge on any atom is 0.119 e. The molecule has 1 aromatic carbocycles. The van der Waals surface area contributed by atoms with Crippen LogP contribution in [0.25, 0.3) is 0 Å². The molecule has 2 aromatic rings. The average molecular weight is 287 g/mol. The second kappa shape index (κ2) is 7.84. The van der Waals surface area contributed by atoms with E-state index in [-0.39, 0.29) is 0 Å². The van der Waals surface area contributed by atoms with Crippen molar-refractivity contribution in [3.05, 3.63) is 47.8 Å². The highest BCUT2D eigenvalue weighted by Gasteiger charge is 1.98. The molecule has 1 aromatic heterocycles. The van der Waals surface area contributed by atoms with Gasteiger partial charge in [0.25, 0.3) is 0 Å². The summed E-state index contributed by atoms with van der Waals surface area (Å²) in [6.45, 7) is 9.77. The Morgan fingerprint density at radius 3 is 2.57 bits per heavy atom. The van der Waals surface area contributed by atoms with E-state index in [9.17, 15) is 0 Å². The second-order valence-corrected chi connectivity index (χ2v) is 5.74. The zero-order valence-corrected chi connectivity index (χ0v) is 13.2. The molecule has 1 N–H and O–H groups in total. The number of nitrogens with one attached hydrogen (secondary N) is 1. The van der Waals surface area contributed by atoms with E-state index in [2.05, 4.69) is 36.4 Å². The van der Waals surface area contributed by atoms with E-state index in [0.717, 1.165) is 31.1 Å². The Morgan fingerprint density at radius 1 is 1.19 bits per heavy atom. The Kier molecular flexibility index (Phi) is 5.81. The van der Waals surface area contributed by atoms with Gasteiger partial charge in [0, 0.05) is 12.7 Å². The van der Waals surface area contributed by atoms with Crippen LogP contribution < -0.4 is 10.1 Å². The minimum absolute atomic E-state index is 0.631. The van der Waals surface area contributed by atoms with E-state index >= 15 is 0 Å². The van der Waals surface area contributed by atoms with Crippen LogP contribution >= 0.6 is 0 Å². The van der Waals surface area contributed by atoms with Crippen LogP contribution in [0.15, 0.2) is 36.5 Å². The third kappa shape index (κ3) is 5.60. The highest BCUT2D eigenvalue weighted by Crippen LogP contribution is 2.12. The van der Waals surface area contributed by atoms with Gasteiger partial charge in [0.1, 0.15) is 12.4 Å². The number of hydrogen-bond acceptors (Lipinski definition) is 3. The van der Waals surface area contributed by atoms with Crippen LogP contribution in [0.4, 0.5) is 0 Å². The number of aromatic nitrogens is 2. The number of nitrogens with zero attached hydrogens (tertiary/aromatic N) is 2. The van der Waals surface area contributed by atoms with Crippen LogP contribution in [0, 0.1) is 12.8 Å². The number of aryl methyl sites for hydroxylation is 1. The van der Waals surface area contributed by atoms with Gasteiger partial charge in [-0.05, 0) is 43.1 Å². The van der Waals surface area contributed by atoms with Gasteiger partial charge in [-0.2, -0.15) is 5.10 Å². The van der Waals surface area contributed by atoms with Gasteiger partial charge < -0.3 is 10.1 Å². The van der Waals surface area contributed by atoms with Gasteiger partial charge in [-0.3, -0.25) is 4.68 Å². The molecular weight excluding hydrogens is 262 g/mol. The maximum absolute atomic E-state index is 5.74. The van der Waals surface area contributed by atoms with Crippen molar-refractivity contribution in [3.63, 3.8) is 0 Å². The summed E-state index contributed by atoms with van der Waals surface area (Å²) in [5.74, 6) is 1.59. The van der Waals surface area contributed by atoms with Crippen LogP contribution in [0.5, 0.6) is 5.75 Å². The van der Waals surface area contributed by atoms with Gasteiger partial charge in [0.2, 0.25) is 0 Å². The molecule has 0 saturated carbocycles. The predicted octanol–water partition coefficient (Wildman–Crippen LogP) is 3.02. The molecule has 0 saturated heterocycles. The topological polar surface area (TPSA) is 39.1 Å². The molecule has 4 heteroatoms. The van der Waals surface area contributed by atoms with E-state index in [1.807, 2.05) is 36.0 Å². The molecule has 0 fully saturated rings. The van der Waals surface area contributed by atoms with Gasteiger partial charge in [-0.15, -0.1) is 0 Å². The number of rotatable bonds is 8. The molecule has 0 radical (unpaired) electrons. The van der Waals surface area contributed by atoms with E-state index in [1.54, 1.807) is 0 Å². The van der Waals surface area contributed by atoms with Gasteiger partial charge in [0.15, 0.2) is 0 Å². The van der Waals surface area contributed by atoms with Crippen LogP contribution in [0.1, 0.15) is 25.1 Å². The summed E-state index contributed by atoms with van der Waals surface area (Å²) in [5, 5.41) is 7.77. The lowest BCUT2D eigenvalue weighted by atomic mass is 10.2. The summed E-state index contributed by atoms with van der Waals surface area (Å²) in [6.07, 6.45) is 1.97. The minimum Gasteiger partial charge on any atom is -0.492 e. The third-order valence-corrected chi connectivity index (χ3v) is 3.17. The molecule has 4 nitrogen and oxygen atoms in total. The highest BCUT2D eigenvalue weighted by atomic mass is 16.5. The zero-order valence-electron chi connectivity index (χ0n) is 13.2. The molecule has 0 spiro atoms. The first-order valence-corrected chi connectivity index (χ1v) is 7.56. The first-order valence-electron chi connectivity index (χ1n) is 7.56. The van der Waals surface area contributed by atoms with E-state index < -0.39 is 0 Å². The first-order chi connectivity index (χ1) is 10.1. The Balaban J connectivity index is 1.72. The molecule has 1 heterocycles. The molecule has 0 amide bonds. The van der Waals surface area contributed by atoms with Crippen LogP contribution in [0.2, 0.25) is 0 Å².